The quantitative estimate of drug-likeness (QED) is 0.734. The Morgan fingerprint density at radius 2 is 2.00 bits per heavy atom. The zero-order chi connectivity index (χ0) is 17.1. The number of anilines is 3. The molecule has 0 aromatic carbocycles. The molecule has 0 spiro atoms. The van der Waals surface area contributed by atoms with Gasteiger partial charge in [-0.05, 0) is 25.7 Å². The van der Waals surface area contributed by atoms with Gasteiger partial charge in [-0.3, -0.25) is 0 Å². The van der Waals surface area contributed by atoms with Crippen molar-refractivity contribution in [3.05, 3.63) is 6.33 Å². The minimum Gasteiger partial charge on any atom is -0.391 e. The molecule has 0 aliphatic heterocycles. The molecule has 24 heavy (non-hydrogen) atoms. The van der Waals surface area contributed by atoms with Gasteiger partial charge in [0.05, 0.1) is 12.1 Å². The summed E-state index contributed by atoms with van der Waals surface area (Å²) in [4.78, 5) is 19.8. The van der Waals surface area contributed by atoms with Gasteiger partial charge in [0.2, 0.25) is 5.95 Å². The van der Waals surface area contributed by atoms with Crippen LogP contribution in [-0.4, -0.2) is 57.8 Å². The summed E-state index contributed by atoms with van der Waals surface area (Å²) in [6.45, 7) is 2.92. The van der Waals surface area contributed by atoms with Gasteiger partial charge in [0, 0.05) is 20.6 Å². The second kappa shape index (κ2) is 7.12. The Balaban J connectivity index is 2.04. The van der Waals surface area contributed by atoms with Crippen molar-refractivity contribution >= 4 is 28.6 Å². The first kappa shape index (κ1) is 16.6. The van der Waals surface area contributed by atoms with Crippen LogP contribution in [0.3, 0.4) is 0 Å². The predicted molar refractivity (Wildman–Crippen MR) is 95.5 cm³/mol. The van der Waals surface area contributed by atoms with Crippen molar-refractivity contribution in [2.45, 2.75) is 44.8 Å². The third kappa shape index (κ3) is 3.33. The van der Waals surface area contributed by atoms with E-state index in [-0.39, 0.29) is 12.1 Å². The highest BCUT2D eigenvalue weighted by molar-refractivity contribution is 5.93. The molecule has 1 aliphatic carbocycles. The standard InChI is InChI=1S/C16H25N7O/c1-4-8-17-14-12-13(21-16(22-14)23(2)3)15(19-9-18-12)20-10-6-5-7-11(10)24/h9-11,24H,4-8H2,1-3H3,(H,17,21,22)(H,18,19,20)/t10-,11-/m0/s1. The molecule has 0 radical (unpaired) electrons. The molecule has 2 heterocycles. The van der Waals surface area contributed by atoms with Gasteiger partial charge in [0.25, 0.3) is 0 Å². The number of aliphatic hydroxyl groups excluding tert-OH is 1. The first-order valence-electron chi connectivity index (χ1n) is 8.48. The number of nitrogens with one attached hydrogen (secondary N) is 2. The summed E-state index contributed by atoms with van der Waals surface area (Å²) < 4.78 is 0. The highest BCUT2D eigenvalue weighted by Gasteiger charge is 2.26. The molecule has 3 rings (SSSR count). The molecule has 3 N–H and O–H groups in total. The Bertz CT molecular complexity index is 706. The number of nitrogens with zero attached hydrogens (tertiary/aromatic N) is 5. The van der Waals surface area contributed by atoms with Crippen molar-refractivity contribution in [1.29, 1.82) is 0 Å². The smallest absolute Gasteiger partial charge is 0.227 e. The molecule has 2 aromatic heterocycles. The molecule has 1 aliphatic rings. The molecule has 8 nitrogen and oxygen atoms in total. The summed E-state index contributed by atoms with van der Waals surface area (Å²) in [5, 5.41) is 16.7. The molecule has 0 unspecified atom stereocenters. The van der Waals surface area contributed by atoms with Crippen LogP contribution in [0.25, 0.3) is 11.0 Å². The van der Waals surface area contributed by atoms with E-state index in [0.29, 0.717) is 28.6 Å². The van der Waals surface area contributed by atoms with Crippen molar-refractivity contribution in [3.63, 3.8) is 0 Å². The van der Waals surface area contributed by atoms with E-state index in [2.05, 4.69) is 37.5 Å². The lowest BCUT2D eigenvalue weighted by Gasteiger charge is -2.19. The maximum Gasteiger partial charge on any atom is 0.227 e. The fourth-order valence-electron chi connectivity index (χ4n) is 2.89. The van der Waals surface area contributed by atoms with Crippen LogP contribution >= 0.6 is 0 Å². The second-order valence-electron chi connectivity index (χ2n) is 6.36. The van der Waals surface area contributed by atoms with E-state index < -0.39 is 0 Å². The number of aliphatic hydroxyl groups is 1. The zero-order valence-electron chi connectivity index (χ0n) is 14.5. The number of hydrogen-bond donors (Lipinski definition) is 3. The van der Waals surface area contributed by atoms with Crippen LogP contribution < -0.4 is 15.5 Å². The Morgan fingerprint density at radius 3 is 2.67 bits per heavy atom. The van der Waals surface area contributed by atoms with Crippen LogP contribution in [0.15, 0.2) is 6.33 Å². The molecular formula is C16H25N7O. The van der Waals surface area contributed by atoms with Gasteiger partial charge >= 0.3 is 0 Å². The Kier molecular flexibility index (Phi) is 4.94. The van der Waals surface area contributed by atoms with E-state index in [1.165, 1.54) is 6.33 Å². The SMILES string of the molecule is CCCNc1nc(N(C)C)nc2c(N[C@H]3CCC[C@@H]3O)ncnc12. The van der Waals surface area contributed by atoms with Gasteiger partial charge in [-0.1, -0.05) is 6.92 Å². The Morgan fingerprint density at radius 1 is 1.17 bits per heavy atom. The number of fused-ring (bicyclic) bond motifs is 1. The van der Waals surface area contributed by atoms with Gasteiger partial charge in [-0.25, -0.2) is 15.0 Å². The van der Waals surface area contributed by atoms with E-state index in [1.54, 1.807) is 0 Å². The van der Waals surface area contributed by atoms with Crippen molar-refractivity contribution in [1.82, 2.24) is 19.9 Å². The predicted octanol–water partition coefficient (Wildman–Crippen LogP) is 1.63. The van der Waals surface area contributed by atoms with E-state index in [1.807, 2.05) is 19.0 Å². The molecule has 130 valence electrons. The summed E-state index contributed by atoms with van der Waals surface area (Å²) >= 11 is 0. The fourth-order valence-corrected chi connectivity index (χ4v) is 2.89. The molecular weight excluding hydrogens is 306 g/mol. The van der Waals surface area contributed by atoms with Crippen LogP contribution in [0.5, 0.6) is 0 Å². The van der Waals surface area contributed by atoms with Crippen LogP contribution in [0.4, 0.5) is 17.6 Å². The molecule has 0 bridgehead atoms. The van der Waals surface area contributed by atoms with Crippen molar-refractivity contribution < 1.29 is 5.11 Å². The number of hydrogen-bond acceptors (Lipinski definition) is 8. The average molecular weight is 331 g/mol. The lowest BCUT2D eigenvalue weighted by atomic mass is 10.2. The van der Waals surface area contributed by atoms with E-state index >= 15 is 0 Å². The Hall–Kier alpha value is -2.22. The third-order valence-corrected chi connectivity index (χ3v) is 4.21. The minimum atomic E-state index is -0.345. The highest BCUT2D eigenvalue weighted by Crippen LogP contribution is 2.28. The molecule has 8 heteroatoms. The summed E-state index contributed by atoms with van der Waals surface area (Å²) in [5.74, 6) is 1.96. The van der Waals surface area contributed by atoms with Crippen molar-refractivity contribution in [2.24, 2.45) is 0 Å². The molecule has 1 fully saturated rings. The highest BCUT2D eigenvalue weighted by atomic mass is 16.3. The number of rotatable bonds is 6. The maximum atomic E-state index is 10.1. The summed E-state index contributed by atoms with van der Waals surface area (Å²) in [5.41, 5.74) is 1.37. The van der Waals surface area contributed by atoms with Crippen LogP contribution in [0, 0.1) is 0 Å². The molecule has 0 amide bonds. The second-order valence-corrected chi connectivity index (χ2v) is 6.36. The van der Waals surface area contributed by atoms with Gasteiger partial charge in [-0.2, -0.15) is 4.98 Å². The first-order valence-corrected chi connectivity index (χ1v) is 8.48. The molecule has 1 saturated carbocycles. The monoisotopic (exact) mass is 331 g/mol. The van der Waals surface area contributed by atoms with Crippen LogP contribution in [0.1, 0.15) is 32.6 Å². The van der Waals surface area contributed by atoms with Crippen molar-refractivity contribution in [2.75, 3.05) is 36.2 Å². The third-order valence-electron chi connectivity index (χ3n) is 4.21. The first-order chi connectivity index (χ1) is 11.6. The van der Waals surface area contributed by atoms with Gasteiger partial charge in [0.15, 0.2) is 11.6 Å². The fraction of sp³-hybridized carbons (Fsp3) is 0.625. The molecule has 2 atom stereocenters. The van der Waals surface area contributed by atoms with Gasteiger partial charge in [0.1, 0.15) is 17.4 Å². The van der Waals surface area contributed by atoms with Gasteiger partial charge < -0.3 is 20.6 Å². The topological polar surface area (TPSA) is 99.1 Å². The summed E-state index contributed by atoms with van der Waals surface area (Å²) in [7, 11) is 3.81. The van der Waals surface area contributed by atoms with E-state index in [0.717, 1.165) is 32.2 Å². The molecule has 0 saturated heterocycles. The van der Waals surface area contributed by atoms with E-state index in [9.17, 15) is 5.11 Å². The lowest BCUT2D eigenvalue weighted by molar-refractivity contribution is 0.171. The van der Waals surface area contributed by atoms with Crippen LogP contribution in [-0.2, 0) is 0 Å². The van der Waals surface area contributed by atoms with Gasteiger partial charge in [-0.15, -0.1) is 0 Å². The normalized spacial score (nSPS) is 20.3. The number of aromatic nitrogens is 4. The van der Waals surface area contributed by atoms with E-state index in [4.69, 9.17) is 0 Å². The average Bonchev–Trinajstić information content (AvgIpc) is 2.97. The van der Waals surface area contributed by atoms with Crippen LogP contribution in [0.2, 0.25) is 0 Å². The minimum absolute atomic E-state index is 0.00734. The maximum absolute atomic E-state index is 10.1. The largest absolute Gasteiger partial charge is 0.391 e. The summed E-state index contributed by atoms with van der Waals surface area (Å²) in [6.07, 6.45) is 4.93. The lowest BCUT2D eigenvalue weighted by Crippen LogP contribution is -2.28. The Labute approximate surface area is 141 Å². The molecule has 2 aromatic rings. The summed E-state index contributed by atoms with van der Waals surface area (Å²) in [6, 6.07) is 0.00734. The zero-order valence-corrected chi connectivity index (χ0v) is 14.5. The van der Waals surface area contributed by atoms with Crippen molar-refractivity contribution in [3.8, 4) is 0 Å².